The Morgan fingerprint density at radius 1 is 1.56 bits per heavy atom. The fraction of sp³-hybridized carbons (Fsp3) is 0.364. The molecule has 0 bridgehead atoms. The monoisotopic (exact) mass is 348 g/mol. The first-order valence-electron chi connectivity index (χ1n) is 5.08. The number of nitrogen functional groups attached to an aromatic ring is 1. The first-order valence-corrected chi connectivity index (χ1v) is 6.79. The van der Waals surface area contributed by atoms with E-state index in [9.17, 15) is 4.79 Å². The Hall–Kier alpha value is -0.430. The number of amides is 1. The lowest BCUT2D eigenvalue weighted by molar-refractivity contribution is -0.117. The van der Waals surface area contributed by atoms with Gasteiger partial charge < -0.3 is 10.6 Å². The maximum absolute atomic E-state index is 11.8. The summed E-state index contributed by atoms with van der Waals surface area (Å²) >= 11 is 6.47. The van der Waals surface area contributed by atoms with Gasteiger partial charge in [-0.1, -0.05) is 0 Å². The van der Waals surface area contributed by atoms with Crippen molar-refractivity contribution in [2.45, 2.75) is 6.42 Å². The highest BCUT2D eigenvalue weighted by Crippen LogP contribution is 2.31. The second-order valence-corrected chi connectivity index (χ2v) is 5.57. The average molecular weight is 348 g/mol. The van der Waals surface area contributed by atoms with Crippen molar-refractivity contribution < 1.29 is 4.79 Å². The molecular weight excluding hydrogens is 335 g/mol. The molecule has 0 saturated carbocycles. The number of halogens is 1. The predicted molar refractivity (Wildman–Crippen MR) is 77.9 cm³/mol. The highest BCUT2D eigenvalue weighted by atomic mass is 127. The van der Waals surface area contributed by atoms with Crippen LogP contribution in [0.4, 0.5) is 11.4 Å². The van der Waals surface area contributed by atoms with Crippen LogP contribution in [0.5, 0.6) is 0 Å². The normalized spacial score (nSPS) is 20.5. The standard InChI is InChI=1S/C11H13IN2OS/c12-8-1-2-9(13)10(4-8)14-5-7(6-16)3-11(14)15/h1-2,4,7,16H,3,5-6,13H2. The van der Waals surface area contributed by atoms with E-state index in [1.165, 1.54) is 0 Å². The number of anilines is 2. The molecule has 0 spiro atoms. The molecular formula is C11H13IN2OS. The zero-order valence-electron chi connectivity index (χ0n) is 8.69. The van der Waals surface area contributed by atoms with Crippen LogP contribution >= 0.6 is 35.2 Å². The van der Waals surface area contributed by atoms with Crippen LogP contribution in [0.15, 0.2) is 18.2 Å². The number of carbonyl (C=O) groups is 1. The Balaban J connectivity index is 2.30. The Labute approximate surface area is 114 Å². The quantitative estimate of drug-likeness (QED) is 0.489. The fourth-order valence-electron chi connectivity index (χ4n) is 1.89. The van der Waals surface area contributed by atoms with Gasteiger partial charge in [0.05, 0.1) is 11.4 Å². The molecule has 0 aliphatic carbocycles. The van der Waals surface area contributed by atoms with Crippen molar-refractivity contribution in [1.29, 1.82) is 0 Å². The minimum Gasteiger partial charge on any atom is -0.397 e. The van der Waals surface area contributed by atoms with Gasteiger partial charge in [0.25, 0.3) is 0 Å². The van der Waals surface area contributed by atoms with Gasteiger partial charge in [-0.05, 0) is 52.5 Å². The minimum absolute atomic E-state index is 0.146. The maximum Gasteiger partial charge on any atom is 0.227 e. The third kappa shape index (κ3) is 2.29. The number of nitrogens with zero attached hydrogens (tertiary/aromatic N) is 1. The smallest absolute Gasteiger partial charge is 0.227 e. The second kappa shape index (κ2) is 4.83. The van der Waals surface area contributed by atoms with E-state index in [1.807, 2.05) is 18.2 Å². The van der Waals surface area contributed by atoms with Crippen molar-refractivity contribution in [3.05, 3.63) is 21.8 Å². The molecule has 2 N–H and O–H groups in total. The lowest BCUT2D eigenvalue weighted by Gasteiger charge is -2.18. The summed E-state index contributed by atoms with van der Waals surface area (Å²) in [6.45, 7) is 0.729. The van der Waals surface area contributed by atoms with E-state index in [0.29, 0.717) is 18.0 Å². The van der Waals surface area contributed by atoms with Gasteiger partial charge in [-0.15, -0.1) is 0 Å². The van der Waals surface area contributed by atoms with Crippen molar-refractivity contribution in [2.75, 3.05) is 22.9 Å². The summed E-state index contributed by atoms with van der Waals surface area (Å²) in [5.74, 6) is 1.23. The highest BCUT2D eigenvalue weighted by molar-refractivity contribution is 14.1. The molecule has 1 aromatic carbocycles. The maximum atomic E-state index is 11.8. The first kappa shape index (κ1) is 12.0. The van der Waals surface area contributed by atoms with Crippen LogP contribution < -0.4 is 10.6 Å². The van der Waals surface area contributed by atoms with Gasteiger partial charge in [0, 0.05) is 16.5 Å². The van der Waals surface area contributed by atoms with Gasteiger partial charge in [0.2, 0.25) is 5.91 Å². The minimum atomic E-state index is 0.146. The van der Waals surface area contributed by atoms with Crippen molar-refractivity contribution in [3.63, 3.8) is 0 Å². The summed E-state index contributed by atoms with van der Waals surface area (Å²) in [7, 11) is 0. The van der Waals surface area contributed by atoms with Crippen LogP contribution in [0.3, 0.4) is 0 Å². The average Bonchev–Trinajstić information content (AvgIpc) is 2.63. The van der Waals surface area contributed by atoms with Crippen LogP contribution in [0, 0.1) is 9.49 Å². The molecule has 0 radical (unpaired) electrons. The van der Waals surface area contributed by atoms with Crippen LogP contribution in [0.25, 0.3) is 0 Å². The van der Waals surface area contributed by atoms with Crippen molar-refractivity contribution in [1.82, 2.24) is 0 Å². The van der Waals surface area contributed by atoms with Gasteiger partial charge in [0.15, 0.2) is 0 Å². The summed E-state index contributed by atoms with van der Waals surface area (Å²) in [6, 6.07) is 5.74. The van der Waals surface area contributed by atoms with Gasteiger partial charge in [-0.2, -0.15) is 12.6 Å². The molecule has 1 heterocycles. The third-order valence-corrected chi connectivity index (χ3v) is 3.93. The van der Waals surface area contributed by atoms with Crippen LogP contribution in [-0.4, -0.2) is 18.2 Å². The zero-order chi connectivity index (χ0) is 11.7. The van der Waals surface area contributed by atoms with Crippen LogP contribution in [-0.2, 0) is 4.79 Å². The van der Waals surface area contributed by atoms with Gasteiger partial charge in [0.1, 0.15) is 0 Å². The summed E-state index contributed by atoms with van der Waals surface area (Å²) < 4.78 is 1.09. The molecule has 1 aromatic rings. The Bertz CT molecular complexity index is 424. The Morgan fingerprint density at radius 2 is 2.31 bits per heavy atom. The summed E-state index contributed by atoms with van der Waals surface area (Å²) in [5.41, 5.74) is 7.40. The largest absolute Gasteiger partial charge is 0.397 e. The van der Waals surface area contributed by atoms with Crippen molar-refractivity contribution in [3.8, 4) is 0 Å². The molecule has 86 valence electrons. The second-order valence-electron chi connectivity index (χ2n) is 3.96. The van der Waals surface area contributed by atoms with Gasteiger partial charge in [-0.25, -0.2) is 0 Å². The van der Waals surface area contributed by atoms with Crippen LogP contribution in [0.1, 0.15) is 6.42 Å². The van der Waals surface area contributed by atoms with E-state index in [0.717, 1.165) is 21.6 Å². The molecule has 1 atom stereocenters. The number of hydrogen-bond donors (Lipinski definition) is 2. The van der Waals surface area contributed by atoms with Crippen LogP contribution in [0.2, 0.25) is 0 Å². The molecule has 2 rings (SSSR count). The molecule has 1 unspecified atom stereocenters. The SMILES string of the molecule is Nc1ccc(I)cc1N1CC(CS)CC1=O. The predicted octanol–water partition coefficient (Wildman–Crippen LogP) is 2.16. The molecule has 1 saturated heterocycles. The molecule has 5 heteroatoms. The molecule has 1 amide bonds. The number of hydrogen-bond acceptors (Lipinski definition) is 3. The lowest BCUT2D eigenvalue weighted by atomic mass is 10.1. The van der Waals surface area contributed by atoms with E-state index in [4.69, 9.17) is 5.73 Å². The molecule has 16 heavy (non-hydrogen) atoms. The Morgan fingerprint density at radius 3 is 2.94 bits per heavy atom. The molecule has 1 aliphatic rings. The van der Waals surface area contributed by atoms with E-state index in [2.05, 4.69) is 35.2 Å². The lowest BCUT2D eigenvalue weighted by Crippen LogP contribution is -2.25. The van der Waals surface area contributed by atoms with Gasteiger partial charge >= 0.3 is 0 Å². The summed E-state index contributed by atoms with van der Waals surface area (Å²) in [5, 5.41) is 0. The number of benzene rings is 1. The third-order valence-electron chi connectivity index (χ3n) is 2.75. The van der Waals surface area contributed by atoms with Gasteiger partial charge in [-0.3, -0.25) is 4.79 Å². The fourth-order valence-corrected chi connectivity index (χ4v) is 2.61. The van der Waals surface area contributed by atoms with E-state index < -0.39 is 0 Å². The van der Waals surface area contributed by atoms with E-state index in [-0.39, 0.29) is 5.91 Å². The molecule has 1 aliphatic heterocycles. The summed E-state index contributed by atoms with van der Waals surface area (Å²) in [6.07, 6.45) is 0.578. The Kier molecular flexibility index (Phi) is 3.63. The van der Waals surface area contributed by atoms with E-state index >= 15 is 0 Å². The number of carbonyl (C=O) groups excluding carboxylic acids is 1. The van der Waals surface area contributed by atoms with Crippen molar-refractivity contribution in [2.24, 2.45) is 5.92 Å². The number of thiol groups is 1. The first-order chi connectivity index (χ1) is 7.61. The number of rotatable bonds is 2. The number of nitrogens with two attached hydrogens (primary N) is 1. The van der Waals surface area contributed by atoms with Crippen molar-refractivity contribution >= 4 is 52.5 Å². The topological polar surface area (TPSA) is 46.3 Å². The molecule has 3 nitrogen and oxygen atoms in total. The molecule has 0 aromatic heterocycles. The molecule has 1 fully saturated rings. The zero-order valence-corrected chi connectivity index (χ0v) is 11.7. The van der Waals surface area contributed by atoms with E-state index in [1.54, 1.807) is 4.90 Å². The summed E-state index contributed by atoms with van der Waals surface area (Å²) in [4.78, 5) is 13.6. The highest BCUT2D eigenvalue weighted by Gasteiger charge is 2.30.